The molecule has 0 spiro atoms. The molecule has 7 unspecified atom stereocenters. The molecule has 40 heavy (non-hydrogen) atoms. The minimum atomic E-state index is -1.83. The number of ether oxygens (including phenoxy) is 8. The first-order valence-electron chi connectivity index (χ1n) is 13.3. The Morgan fingerprint density at radius 1 is 0.700 bits per heavy atom. The van der Waals surface area contributed by atoms with Gasteiger partial charge in [-0.05, 0) is 13.3 Å². The Morgan fingerprint density at radius 2 is 1.23 bits per heavy atom. The van der Waals surface area contributed by atoms with E-state index >= 15 is 0 Å². The minimum Gasteiger partial charge on any atom is -0.470 e. The van der Waals surface area contributed by atoms with Gasteiger partial charge in [-0.15, -0.1) is 0 Å². The van der Waals surface area contributed by atoms with Crippen LogP contribution in [0.4, 0.5) is 0 Å². The lowest BCUT2D eigenvalue weighted by molar-refractivity contribution is -0.391. The molecule has 16 atom stereocenters. The number of allylic oxidation sites excluding steroid dienone is 1. The van der Waals surface area contributed by atoms with Gasteiger partial charge in [0.25, 0.3) is 0 Å². The molecule has 0 bridgehead atoms. The fraction of sp³-hybridized carbons (Fsp3) is 0.917. The maximum atomic E-state index is 10.9. The van der Waals surface area contributed by atoms with Gasteiger partial charge >= 0.3 is 0 Å². The molecule has 0 aromatic rings. The molecule has 0 saturated carbocycles. The normalized spacial score (nSPS) is 50.0. The highest BCUT2D eigenvalue weighted by atomic mass is 16.8. The molecule has 4 fully saturated rings. The van der Waals surface area contributed by atoms with Crippen molar-refractivity contribution in [2.45, 2.75) is 119 Å². The van der Waals surface area contributed by atoms with E-state index in [1.165, 1.54) is 12.3 Å². The monoisotopic (exact) mass is 584 g/mol. The highest BCUT2D eigenvalue weighted by molar-refractivity contribution is 4.97. The van der Waals surface area contributed by atoms with Crippen LogP contribution in [-0.4, -0.2) is 159 Å². The van der Waals surface area contributed by atoms with E-state index in [0.29, 0.717) is 6.42 Å². The highest BCUT2D eigenvalue weighted by Gasteiger charge is 2.54. The third kappa shape index (κ3) is 6.46. The topological polar surface area (TPSA) is 236 Å². The Bertz CT molecular complexity index is 812. The van der Waals surface area contributed by atoms with Crippen LogP contribution >= 0.6 is 0 Å². The van der Waals surface area contributed by atoms with E-state index < -0.39 is 112 Å². The van der Waals surface area contributed by atoms with Gasteiger partial charge in [0.1, 0.15) is 73.2 Å². The maximum absolute atomic E-state index is 10.9. The van der Waals surface area contributed by atoms with E-state index in [-0.39, 0.29) is 6.61 Å². The second kappa shape index (κ2) is 13.9. The van der Waals surface area contributed by atoms with Crippen LogP contribution in [0.15, 0.2) is 12.3 Å². The van der Waals surface area contributed by atoms with Crippen molar-refractivity contribution in [3.8, 4) is 0 Å². The first-order valence-corrected chi connectivity index (χ1v) is 13.3. The molecule has 232 valence electrons. The molecule has 4 heterocycles. The van der Waals surface area contributed by atoms with Crippen LogP contribution in [0.5, 0.6) is 0 Å². The van der Waals surface area contributed by atoms with Crippen LogP contribution in [0.3, 0.4) is 0 Å². The minimum absolute atomic E-state index is 0.0444. The summed E-state index contributed by atoms with van der Waals surface area (Å²) in [5, 5.41) is 83.7. The van der Waals surface area contributed by atoms with Crippen molar-refractivity contribution >= 4 is 0 Å². The largest absolute Gasteiger partial charge is 0.470 e. The summed E-state index contributed by atoms with van der Waals surface area (Å²) >= 11 is 0. The smallest absolute Gasteiger partial charge is 0.228 e. The van der Waals surface area contributed by atoms with Gasteiger partial charge in [-0.1, -0.05) is 13.0 Å². The van der Waals surface area contributed by atoms with Crippen LogP contribution in [-0.2, 0) is 37.9 Å². The first-order chi connectivity index (χ1) is 19.1. The van der Waals surface area contributed by atoms with Crippen molar-refractivity contribution in [2.24, 2.45) is 0 Å². The number of aliphatic hydroxyl groups is 8. The van der Waals surface area contributed by atoms with E-state index in [0.717, 1.165) is 0 Å². The van der Waals surface area contributed by atoms with Crippen LogP contribution in [0.1, 0.15) is 20.3 Å². The quantitative estimate of drug-likeness (QED) is 0.120. The summed E-state index contributed by atoms with van der Waals surface area (Å²) in [6.07, 6.45) is -18.9. The molecule has 0 aromatic carbocycles. The summed E-state index contributed by atoms with van der Waals surface area (Å²) in [4.78, 5) is 0. The summed E-state index contributed by atoms with van der Waals surface area (Å²) in [7, 11) is 0. The molecule has 4 aliphatic rings. The van der Waals surface area contributed by atoms with Gasteiger partial charge < -0.3 is 78.7 Å². The van der Waals surface area contributed by atoms with Crippen molar-refractivity contribution in [3.63, 3.8) is 0 Å². The Morgan fingerprint density at radius 3 is 1.77 bits per heavy atom. The molecule has 4 aliphatic heterocycles. The van der Waals surface area contributed by atoms with Gasteiger partial charge in [0.15, 0.2) is 18.9 Å². The van der Waals surface area contributed by atoms with Gasteiger partial charge in [-0.2, -0.15) is 0 Å². The number of fused-ring (bicyclic) bond motifs is 1. The van der Waals surface area contributed by atoms with Crippen molar-refractivity contribution in [1.82, 2.24) is 0 Å². The average molecular weight is 585 g/mol. The zero-order valence-corrected chi connectivity index (χ0v) is 22.1. The number of hydrogen-bond donors (Lipinski definition) is 8. The number of hydrogen-bond acceptors (Lipinski definition) is 16. The van der Waals surface area contributed by atoms with Gasteiger partial charge in [-0.3, -0.25) is 0 Å². The lowest BCUT2D eigenvalue weighted by Gasteiger charge is -2.49. The summed E-state index contributed by atoms with van der Waals surface area (Å²) < 4.78 is 44.5. The lowest BCUT2D eigenvalue weighted by atomic mass is 9.95. The average Bonchev–Trinajstić information content (AvgIpc) is 2.96. The standard InChI is InChI=1S/C24H40O16/c1-3-5-33-22-16(30)13(27)19(9(6-25)35-22)39-23-17(31)14(28)20(10(7-26)36-23)40-24-18(32)15(29)21-11(37-24)8-34-12(4-2)38-21/h3,5,9-32H,4,6-8H2,1-2H3/t9?,10?,11?,12?,13-,14-,15-,16?,17?,18?,19-,20-,21-,22+,23-,24-/m0/s1. The van der Waals surface area contributed by atoms with Gasteiger partial charge in [0, 0.05) is 0 Å². The third-order valence-corrected chi connectivity index (χ3v) is 7.30. The van der Waals surface area contributed by atoms with Gasteiger partial charge in [0.2, 0.25) is 6.29 Å². The lowest BCUT2D eigenvalue weighted by Crippen LogP contribution is -2.67. The first kappa shape index (κ1) is 31.9. The molecular weight excluding hydrogens is 544 g/mol. The molecule has 16 nitrogen and oxygen atoms in total. The molecule has 4 rings (SSSR count). The zero-order valence-electron chi connectivity index (χ0n) is 22.1. The molecule has 8 N–H and O–H groups in total. The molecule has 0 amide bonds. The number of aliphatic hydroxyl groups excluding tert-OH is 8. The maximum Gasteiger partial charge on any atom is 0.228 e. The van der Waals surface area contributed by atoms with Crippen LogP contribution in [0.2, 0.25) is 0 Å². The molecule has 0 aromatic heterocycles. The Labute approximate surface area is 230 Å². The van der Waals surface area contributed by atoms with Crippen molar-refractivity contribution in [2.75, 3.05) is 19.8 Å². The third-order valence-electron chi connectivity index (χ3n) is 7.30. The van der Waals surface area contributed by atoms with E-state index in [4.69, 9.17) is 37.9 Å². The van der Waals surface area contributed by atoms with Crippen molar-refractivity contribution in [1.29, 1.82) is 0 Å². The van der Waals surface area contributed by atoms with Crippen molar-refractivity contribution in [3.05, 3.63) is 12.3 Å². The predicted molar refractivity (Wildman–Crippen MR) is 127 cm³/mol. The van der Waals surface area contributed by atoms with E-state index in [1.54, 1.807) is 6.92 Å². The van der Waals surface area contributed by atoms with E-state index in [2.05, 4.69) is 0 Å². The fourth-order valence-corrected chi connectivity index (χ4v) is 5.08. The molecular formula is C24H40O16. The van der Waals surface area contributed by atoms with Gasteiger partial charge in [-0.25, -0.2) is 0 Å². The Kier molecular flexibility index (Phi) is 11.1. The summed E-state index contributed by atoms with van der Waals surface area (Å²) in [5.41, 5.74) is 0. The summed E-state index contributed by atoms with van der Waals surface area (Å²) in [6, 6.07) is 0. The molecule has 4 saturated heterocycles. The van der Waals surface area contributed by atoms with E-state index in [1.807, 2.05) is 6.92 Å². The van der Waals surface area contributed by atoms with Crippen LogP contribution in [0, 0.1) is 0 Å². The zero-order chi connectivity index (χ0) is 29.1. The van der Waals surface area contributed by atoms with Crippen LogP contribution < -0.4 is 0 Å². The Balaban J connectivity index is 1.42. The molecule has 16 heteroatoms. The predicted octanol–water partition coefficient (Wildman–Crippen LogP) is -4.22. The Hall–Kier alpha value is -1.06. The fourth-order valence-electron chi connectivity index (χ4n) is 5.08. The van der Waals surface area contributed by atoms with Gasteiger partial charge in [0.05, 0.1) is 26.1 Å². The van der Waals surface area contributed by atoms with Crippen molar-refractivity contribution < 1.29 is 78.7 Å². The highest BCUT2D eigenvalue weighted by Crippen LogP contribution is 2.34. The van der Waals surface area contributed by atoms with Crippen LogP contribution in [0.25, 0.3) is 0 Å². The molecule has 0 aliphatic carbocycles. The SMILES string of the molecule is CC=CO[C@@H]1OC(CO)[C@H](O[C@@H]2OC(CO)[C@H](O[C@@H]3OC4COC(CC)O[C@@H]4[C@@H](O)C3O)[C@@H](O)C2O)[C@@H](O)C1O. The molecule has 0 radical (unpaired) electrons. The summed E-state index contributed by atoms with van der Waals surface area (Å²) in [6.45, 7) is 2.12. The van der Waals surface area contributed by atoms with E-state index in [9.17, 15) is 40.9 Å². The number of rotatable bonds is 9. The summed E-state index contributed by atoms with van der Waals surface area (Å²) in [5.74, 6) is 0. The second-order valence-corrected chi connectivity index (χ2v) is 10.0. The second-order valence-electron chi connectivity index (χ2n) is 10.0.